The first-order valence-electron chi connectivity index (χ1n) is 6.17. The van der Waals surface area contributed by atoms with Gasteiger partial charge in [0.25, 0.3) is 17.4 Å². The van der Waals surface area contributed by atoms with Crippen LogP contribution in [0.2, 0.25) is 5.02 Å². The lowest BCUT2D eigenvalue weighted by Gasteiger charge is -2.09. The zero-order valence-electron chi connectivity index (χ0n) is 11.2. The molecule has 0 atom stereocenters. The van der Waals surface area contributed by atoms with E-state index in [2.05, 4.69) is 26.8 Å². The lowest BCUT2D eigenvalue weighted by Crippen LogP contribution is -2.44. The number of hydrazine groups is 1. The van der Waals surface area contributed by atoms with Gasteiger partial charge in [-0.15, -0.1) is 0 Å². The molecule has 0 saturated carbocycles. The second-order valence-corrected chi connectivity index (χ2v) is 5.62. The molecule has 114 valence electrons. The third-order valence-electron chi connectivity index (χ3n) is 2.70. The van der Waals surface area contributed by atoms with Crippen molar-refractivity contribution in [1.29, 1.82) is 0 Å². The molecular formula is C14H11BrClN3O3. The number of carbonyl (C=O) groups is 2. The quantitative estimate of drug-likeness (QED) is 0.791. The van der Waals surface area contributed by atoms with E-state index in [0.717, 1.165) is 0 Å². The third-order valence-corrected chi connectivity index (χ3v) is 3.49. The topological polar surface area (TPSA) is 80.2 Å². The Bertz CT molecular complexity index is 776. The number of halogens is 2. The van der Waals surface area contributed by atoms with E-state index in [9.17, 15) is 14.4 Å². The Kier molecular flexibility index (Phi) is 5.35. The molecule has 0 spiro atoms. The Balaban J connectivity index is 1.96. The third kappa shape index (κ3) is 4.19. The molecule has 1 aromatic carbocycles. The molecule has 0 unspecified atom stereocenters. The molecule has 2 rings (SSSR count). The molecule has 0 bridgehead atoms. The Morgan fingerprint density at radius 3 is 2.59 bits per heavy atom. The predicted molar refractivity (Wildman–Crippen MR) is 85.5 cm³/mol. The average Bonchev–Trinajstić information content (AvgIpc) is 2.49. The minimum atomic E-state index is -0.541. The minimum absolute atomic E-state index is 0.221. The van der Waals surface area contributed by atoms with Crippen molar-refractivity contribution >= 4 is 39.3 Å². The van der Waals surface area contributed by atoms with Crippen LogP contribution in [-0.2, 0) is 11.3 Å². The van der Waals surface area contributed by atoms with Gasteiger partial charge < -0.3 is 4.57 Å². The Labute approximate surface area is 139 Å². The summed E-state index contributed by atoms with van der Waals surface area (Å²) < 4.78 is 1.88. The van der Waals surface area contributed by atoms with Crippen molar-refractivity contribution in [2.75, 3.05) is 0 Å². The summed E-state index contributed by atoms with van der Waals surface area (Å²) in [6.07, 6.45) is 1.48. The first-order valence-corrected chi connectivity index (χ1v) is 7.34. The fraction of sp³-hybridized carbons (Fsp3) is 0.0714. The summed E-state index contributed by atoms with van der Waals surface area (Å²) in [6.45, 7) is -0.221. The zero-order chi connectivity index (χ0) is 16.1. The maximum absolute atomic E-state index is 11.9. The first kappa shape index (κ1) is 16.3. The van der Waals surface area contributed by atoms with Crippen LogP contribution in [0.5, 0.6) is 0 Å². The van der Waals surface area contributed by atoms with Gasteiger partial charge in [0.05, 0.1) is 10.6 Å². The highest BCUT2D eigenvalue weighted by atomic mass is 79.9. The standard InChI is InChI=1S/C14H11BrClN3O3/c15-9-5-6-13(21)19(7-9)8-12(20)17-18-14(22)10-3-1-2-4-11(10)16/h1-7H,8H2,(H,17,20)(H,18,22). The van der Waals surface area contributed by atoms with Gasteiger partial charge in [0.2, 0.25) is 0 Å². The van der Waals surface area contributed by atoms with Crippen molar-refractivity contribution in [3.05, 3.63) is 68.0 Å². The van der Waals surface area contributed by atoms with Crippen LogP contribution in [-0.4, -0.2) is 16.4 Å². The number of nitrogens with one attached hydrogen (secondary N) is 2. The fourth-order valence-corrected chi connectivity index (χ4v) is 2.26. The highest BCUT2D eigenvalue weighted by Crippen LogP contribution is 2.14. The van der Waals surface area contributed by atoms with Crippen LogP contribution in [0.4, 0.5) is 0 Å². The minimum Gasteiger partial charge on any atom is -0.305 e. The highest BCUT2D eigenvalue weighted by Gasteiger charge is 2.11. The SMILES string of the molecule is O=C(Cn1cc(Br)ccc1=O)NNC(=O)c1ccccc1Cl. The zero-order valence-corrected chi connectivity index (χ0v) is 13.5. The molecule has 0 aliphatic heterocycles. The summed E-state index contributed by atoms with van der Waals surface area (Å²) >= 11 is 9.09. The lowest BCUT2D eigenvalue weighted by molar-refractivity contribution is -0.122. The number of carbonyl (C=O) groups excluding carboxylic acids is 2. The van der Waals surface area contributed by atoms with Gasteiger partial charge in [0.15, 0.2) is 0 Å². The average molecular weight is 385 g/mol. The molecule has 0 radical (unpaired) electrons. The van der Waals surface area contributed by atoms with E-state index in [-0.39, 0.29) is 22.7 Å². The summed E-state index contributed by atoms with van der Waals surface area (Å²) in [6, 6.07) is 9.36. The molecule has 0 saturated heterocycles. The second kappa shape index (κ2) is 7.24. The first-order chi connectivity index (χ1) is 10.5. The molecule has 2 aromatic rings. The Morgan fingerprint density at radius 1 is 1.14 bits per heavy atom. The second-order valence-electron chi connectivity index (χ2n) is 4.30. The maximum atomic E-state index is 11.9. The van der Waals surface area contributed by atoms with Crippen molar-refractivity contribution in [3.8, 4) is 0 Å². The van der Waals surface area contributed by atoms with E-state index in [1.807, 2.05) is 0 Å². The van der Waals surface area contributed by atoms with E-state index in [0.29, 0.717) is 4.47 Å². The van der Waals surface area contributed by atoms with Gasteiger partial charge in [0, 0.05) is 16.7 Å². The Hall–Kier alpha value is -2.12. The van der Waals surface area contributed by atoms with Gasteiger partial charge in [-0.3, -0.25) is 25.2 Å². The number of nitrogens with zero attached hydrogens (tertiary/aromatic N) is 1. The van der Waals surface area contributed by atoms with Gasteiger partial charge in [-0.25, -0.2) is 0 Å². The molecule has 0 aliphatic rings. The summed E-state index contributed by atoms with van der Waals surface area (Å²) in [5.74, 6) is -1.08. The van der Waals surface area contributed by atoms with Crippen LogP contribution in [0, 0.1) is 0 Å². The van der Waals surface area contributed by atoms with Crippen LogP contribution < -0.4 is 16.4 Å². The molecule has 1 heterocycles. The maximum Gasteiger partial charge on any atom is 0.271 e. The lowest BCUT2D eigenvalue weighted by atomic mass is 10.2. The predicted octanol–water partition coefficient (Wildman–Crippen LogP) is 1.73. The van der Waals surface area contributed by atoms with Crippen molar-refractivity contribution in [3.63, 3.8) is 0 Å². The van der Waals surface area contributed by atoms with Crippen molar-refractivity contribution in [2.24, 2.45) is 0 Å². The van der Waals surface area contributed by atoms with E-state index in [4.69, 9.17) is 11.6 Å². The largest absolute Gasteiger partial charge is 0.305 e. The Morgan fingerprint density at radius 2 is 1.86 bits per heavy atom. The van der Waals surface area contributed by atoms with Crippen LogP contribution in [0.1, 0.15) is 10.4 Å². The number of hydrogen-bond acceptors (Lipinski definition) is 3. The van der Waals surface area contributed by atoms with E-state index in [1.165, 1.54) is 22.9 Å². The van der Waals surface area contributed by atoms with Crippen LogP contribution >= 0.6 is 27.5 Å². The smallest absolute Gasteiger partial charge is 0.271 e. The number of pyridine rings is 1. The molecular weight excluding hydrogens is 374 g/mol. The summed E-state index contributed by atoms with van der Waals surface area (Å²) in [7, 11) is 0. The monoisotopic (exact) mass is 383 g/mol. The number of rotatable bonds is 3. The van der Waals surface area contributed by atoms with E-state index >= 15 is 0 Å². The van der Waals surface area contributed by atoms with Crippen LogP contribution in [0.15, 0.2) is 51.9 Å². The molecule has 1 aromatic heterocycles. The summed E-state index contributed by atoms with van der Waals surface area (Å²) in [5.41, 5.74) is 4.39. The normalized spacial score (nSPS) is 10.1. The molecule has 8 heteroatoms. The van der Waals surface area contributed by atoms with E-state index in [1.54, 1.807) is 24.3 Å². The number of benzene rings is 1. The molecule has 22 heavy (non-hydrogen) atoms. The van der Waals surface area contributed by atoms with Crippen LogP contribution in [0.25, 0.3) is 0 Å². The molecule has 2 amide bonds. The number of aromatic nitrogens is 1. The highest BCUT2D eigenvalue weighted by molar-refractivity contribution is 9.10. The number of hydrogen-bond donors (Lipinski definition) is 2. The van der Waals surface area contributed by atoms with Gasteiger partial charge in [-0.2, -0.15) is 0 Å². The van der Waals surface area contributed by atoms with Gasteiger partial charge in [0.1, 0.15) is 6.54 Å². The number of amides is 2. The van der Waals surface area contributed by atoms with Crippen LogP contribution in [0.3, 0.4) is 0 Å². The molecule has 2 N–H and O–H groups in total. The van der Waals surface area contributed by atoms with E-state index < -0.39 is 11.8 Å². The van der Waals surface area contributed by atoms with Gasteiger partial charge in [-0.1, -0.05) is 23.7 Å². The van der Waals surface area contributed by atoms with Crippen molar-refractivity contribution in [1.82, 2.24) is 15.4 Å². The van der Waals surface area contributed by atoms with Gasteiger partial charge >= 0.3 is 0 Å². The van der Waals surface area contributed by atoms with Crippen molar-refractivity contribution in [2.45, 2.75) is 6.54 Å². The molecule has 6 nitrogen and oxygen atoms in total. The molecule has 0 aliphatic carbocycles. The van der Waals surface area contributed by atoms with Crippen molar-refractivity contribution < 1.29 is 9.59 Å². The summed E-state index contributed by atoms with van der Waals surface area (Å²) in [4.78, 5) is 35.2. The van der Waals surface area contributed by atoms with Gasteiger partial charge in [-0.05, 0) is 34.1 Å². The fourth-order valence-electron chi connectivity index (χ4n) is 1.66. The molecule has 0 fully saturated rings. The summed E-state index contributed by atoms with van der Waals surface area (Å²) in [5, 5.41) is 0.275.